The molecule has 7 heteroatoms. The molecule has 0 amide bonds. The molecule has 0 aliphatic carbocycles. The summed E-state index contributed by atoms with van der Waals surface area (Å²) in [5, 5.41) is 4.43. The summed E-state index contributed by atoms with van der Waals surface area (Å²) in [5.41, 5.74) is 1.82. The van der Waals surface area contributed by atoms with E-state index in [-0.39, 0.29) is 17.5 Å². The van der Waals surface area contributed by atoms with Crippen molar-refractivity contribution in [2.24, 2.45) is 0 Å². The van der Waals surface area contributed by atoms with Gasteiger partial charge in [0, 0.05) is 36.7 Å². The number of pyridine rings is 1. The van der Waals surface area contributed by atoms with Crippen LogP contribution in [-0.2, 0) is 21.9 Å². The second kappa shape index (κ2) is 6.29. The van der Waals surface area contributed by atoms with E-state index in [0.717, 1.165) is 12.1 Å². The van der Waals surface area contributed by atoms with E-state index in [4.69, 9.17) is 0 Å². The molecular weight excluding hydrogens is 324 g/mol. The lowest BCUT2D eigenvalue weighted by atomic mass is 10.0. The molecule has 0 unspecified atom stereocenters. The number of aromatic nitrogens is 3. The van der Waals surface area contributed by atoms with Crippen molar-refractivity contribution in [3.8, 4) is 0 Å². The Balaban J connectivity index is 1.70. The smallest absolute Gasteiger partial charge is 0.152 e. The Morgan fingerprint density at radius 2 is 2.21 bits per heavy atom. The van der Waals surface area contributed by atoms with Crippen LogP contribution in [0.2, 0.25) is 0 Å². The van der Waals surface area contributed by atoms with E-state index in [1.165, 1.54) is 5.56 Å². The quantitative estimate of drug-likeness (QED) is 0.827. The van der Waals surface area contributed by atoms with Crippen LogP contribution < -0.4 is 0 Å². The summed E-state index contributed by atoms with van der Waals surface area (Å²) in [5.74, 6) is 0.416. The summed E-state index contributed by atoms with van der Waals surface area (Å²) >= 11 is 0. The van der Waals surface area contributed by atoms with Crippen molar-refractivity contribution in [3.05, 3.63) is 48.0 Å². The third-order valence-electron chi connectivity index (χ3n) is 4.93. The van der Waals surface area contributed by atoms with Gasteiger partial charge in [-0.1, -0.05) is 6.07 Å². The summed E-state index contributed by atoms with van der Waals surface area (Å²) in [7, 11) is -0.877. The molecule has 3 rings (SSSR count). The number of hydrogen-bond donors (Lipinski definition) is 0. The highest BCUT2D eigenvalue weighted by atomic mass is 32.2. The van der Waals surface area contributed by atoms with E-state index in [0.29, 0.717) is 6.42 Å². The van der Waals surface area contributed by atoms with Crippen LogP contribution in [0.15, 0.2) is 36.9 Å². The molecule has 2 aromatic rings. The lowest BCUT2D eigenvalue weighted by Gasteiger charge is -2.25. The largest absolute Gasteiger partial charge is 0.295 e. The summed E-state index contributed by atoms with van der Waals surface area (Å²) in [6.45, 7) is 4.86. The predicted octanol–water partition coefficient (Wildman–Crippen LogP) is 2.00. The fourth-order valence-corrected chi connectivity index (χ4v) is 5.33. The lowest BCUT2D eigenvalue weighted by molar-refractivity contribution is 0.252. The Hall–Kier alpha value is -1.73. The molecule has 0 radical (unpaired) electrons. The molecular formula is C17H24N4O2S. The van der Waals surface area contributed by atoms with Gasteiger partial charge in [-0.2, -0.15) is 5.10 Å². The molecule has 6 nitrogen and oxygen atoms in total. The fraction of sp³-hybridized carbons (Fsp3) is 0.529. The van der Waals surface area contributed by atoms with Gasteiger partial charge in [0.05, 0.1) is 23.2 Å². The molecule has 24 heavy (non-hydrogen) atoms. The van der Waals surface area contributed by atoms with Crippen LogP contribution >= 0.6 is 0 Å². The minimum atomic E-state index is -2.94. The Labute approximate surface area is 143 Å². The van der Waals surface area contributed by atoms with Crippen molar-refractivity contribution in [3.63, 3.8) is 0 Å². The number of sulfone groups is 1. The third kappa shape index (κ3) is 3.52. The first kappa shape index (κ1) is 17.1. The molecule has 1 fully saturated rings. The van der Waals surface area contributed by atoms with Gasteiger partial charge < -0.3 is 0 Å². The van der Waals surface area contributed by atoms with Crippen molar-refractivity contribution in [2.75, 3.05) is 18.6 Å². The predicted molar refractivity (Wildman–Crippen MR) is 93.3 cm³/mol. The fourth-order valence-electron chi connectivity index (χ4n) is 3.21. The SMILES string of the molecule is C[C@@H](c1cccnc1)N(C)Cc1cnn([C@@]2(C)CCS(=O)(=O)C2)c1. The third-order valence-corrected chi connectivity index (χ3v) is 6.82. The maximum Gasteiger partial charge on any atom is 0.152 e. The van der Waals surface area contributed by atoms with Crippen LogP contribution in [0.1, 0.15) is 37.4 Å². The van der Waals surface area contributed by atoms with Crippen LogP contribution in [0.5, 0.6) is 0 Å². The minimum absolute atomic E-state index is 0.170. The normalized spacial score (nSPS) is 24.3. The molecule has 0 bridgehead atoms. The van der Waals surface area contributed by atoms with Crippen molar-refractivity contribution < 1.29 is 8.42 Å². The van der Waals surface area contributed by atoms with Gasteiger partial charge in [0.1, 0.15) is 0 Å². The topological polar surface area (TPSA) is 68.1 Å². The summed E-state index contributed by atoms with van der Waals surface area (Å²) < 4.78 is 25.4. The van der Waals surface area contributed by atoms with E-state index < -0.39 is 15.4 Å². The van der Waals surface area contributed by atoms with Gasteiger partial charge in [-0.25, -0.2) is 8.42 Å². The monoisotopic (exact) mass is 348 g/mol. The number of hydrogen-bond acceptors (Lipinski definition) is 5. The Bertz CT molecular complexity index is 803. The van der Waals surface area contributed by atoms with Crippen molar-refractivity contribution >= 4 is 9.84 Å². The maximum absolute atomic E-state index is 11.8. The maximum atomic E-state index is 11.8. The lowest BCUT2D eigenvalue weighted by Crippen LogP contribution is -2.31. The summed E-state index contributed by atoms with van der Waals surface area (Å²) in [6.07, 6.45) is 8.10. The molecule has 2 atom stereocenters. The van der Waals surface area contributed by atoms with E-state index in [9.17, 15) is 8.42 Å². The Morgan fingerprint density at radius 1 is 1.42 bits per heavy atom. The standard InChI is InChI=1S/C17H24N4O2S/c1-14(16-5-4-7-18-10-16)20(3)11-15-9-19-21(12-15)17(2)6-8-24(22,23)13-17/h4-5,7,9-10,12,14H,6,8,11,13H2,1-3H3/t14-,17-/m0/s1. The first-order valence-corrected chi connectivity index (χ1v) is 9.96. The highest BCUT2D eigenvalue weighted by molar-refractivity contribution is 7.91. The van der Waals surface area contributed by atoms with E-state index >= 15 is 0 Å². The van der Waals surface area contributed by atoms with Gasteiger partial charge in [0.25, 0.3) is 0 Å². The summed E-state index contributed by atoms with van der Waals surface area (Å²) in [4.78, 5) is 6.40. The van der Waals surface area contributed by atoms with Crippen molar-refractivity contribution in [2.45, 2.75) is 38.4 Å². The number of rotatable bonds is 5. The van der Waals surface area contributed by atoms with Crippen LogP contribution in [0.3, 0.4) is 0 Å². The number of nitrogens with zero attached hydrogens (tertiary/aromatic N) is 4. The van der Waals surface area contributed by atoms with Crippen molar-refractivity contribution in [1.82, 2.24) is 19.7 Å². The molecule has 1 aliphatic heterocycles. The van der Waals surface area contributed by atoms with E-state index in [2.05, 4.69) is 35.0 Å². The highest BCUT2D eigenvalue weighted by Gasteiger charge is 2.40. The van der Waals surface area contributed by atoms with Gasteiger partial charge in [0.2, 0.25) is 0 Å². The summed E-state index contributed by atoms with van der Waals surface area (Å²) in [6, 6.07) is 4.26. The average molecular weight is 348 g/mol. The molecule has 0 N–H and O–H groups in total. The molecule has 130 valence electrons. The van der Waals surface area contributed by atoms with Gasteiger partial charge in [-0.3, -0.25) is 14.6 Å². The van der Waals surface area contributed by atoms with Gasteiger partial charge in [-0.15, -0.1) is 0 Å². The molecule has 2 aromatic heterocycles. The van der Waals surface area contributed by atoms with Crippen LogP contribution in [0.25, 0.3) is 0 Å². The molecule has 0 spiro atoms. The second-order valence-corrected chi connectivity index (χ2v) is 9.19. The van der Waals surface area contributed by atoms with Gasteiger partial charge in [-0.05, 0) is 38.9 Å². The van der Waals surface area contributed by atoms with Gasteiger partial charge >= 0.3 is 0 Å². The van der Waals surface area contributed by atoms with Crippen LogP contribution in [0, 0.1) is 0 Å². The molecule has 0 aromatic carbocycles. The Morgan fingerprint density at radius 3 is 2.83 bits per heavy atom. The zero-order chi connectivity index (χ0) is 17.4. The van der Waals surface area contributed by atoms with Crippen LogP contribution in [0.4, 0.5) is 0 Å². The Kier molecular flexibility index (Phi) is 4.48. The van der Waals surface area contributed by atoms with E-state index in [1.54, 1.807) is 6.20 Å². The first-order valence-electron chi connectivity index (χ1n) is 8.14. The zero-order valence-electron chi connectivity index (χ0n) is 14.4. The highest BCUT2D eigenvalue weighted by Crippen LogP contribution is 2.30. The van der Waals surface area contributed by atoms with Crippen molar-refractivity contribution in [1.29, 1.82) is 0 Å². The molecule has 3 heterocycles. The minimum Gasteiger partial charge on any atom is -0.295 e. The first-order chi connectivity index (χ1) is 11.3. The second-order valence-electron chi connectivity index (χ2n) is 7.01. The molecule has 1 saturated heterocycles. The van der Waals surface area contributed by atoms with Crippen LogP contribution in [-0.4, -0.2) is 46.6 Å². The van der Waals surface area contributed by atoms with Gasteiger partial charge in [0.15, 0.2) is 9.84 Å². The van der Waals surface area contributed by atoms with E-state index in [1.807, 2.05) is 36.3 Å². The molecule has 1 aliphatic rings. The zero-order valence-corrected chi connectivity index (χ0v) is 15.2. The average Bonchev–Trinajstić information content (AvgIpc) is 3.12. The molecule has 0 saturated carbocycles.